The van der Waals surface area contributed by atoms with Gasteiger partial charge in [-0.15, -0.1) is 0 Å². The van der Waals surface area contributed by atoms with Crippen molar-refractivity contribution in [2.75, 3.05) is 13.7 Å². The Hall–Kier alpha value is -1.06. The smallest absolute Gasteiger partial charge is 0.128 e. The molecule has 0 spiro atoms. The lowest BCUT2D eigenvalue weighted by Crippen LogP contribution is -2.61. The average Bonchev–Trinajstić information content (AvgIpc) is 2.41. The lowest BCUT2D eigenvalue weighted by Gasteiger charge is -2.44. The van der Waals surface area contributed by atoms with Crippen LogP contribution in [0.5, 0.6) is 5.75 Å². The van der Waals surface area contributed by atoms with Crippen LogP contribution in [-0.2, 0) is 10.2 Å². The predicted molar refractivity (Wildman–Crippen MR) is 87.1 cm³/mol. The summed E-state index contributed by atoms with van der Waals surface area (Å²) in [6.07, 6.45) is 2.44. The molecule has 1 fully saturated rings. The molecule has 3 unspecified atom stereocenters. The maximum Gasteiger partial charge on any atom is 0.128 e. The van der Waals surface area contributed by atoms with Gasteiger partial charge in [-0.1, -0.05) is 45.9 Å². The van der Waals surface area contributed by atoms with Gasteiger partial charge in [0.2, 0.25) is 0 Å². The van der Waals surface area contributed by atoms with Crippen LogP contribution in [0.2, 0.25) is 0 Å². The Balaban J connectivity index is 2.03. The van der Waals surface area contributed by atoms with Gasteiger partial charge in [-0.05, 0) is 30.0 Å². The molecule has 1 aliphatic carbocycles. The minimum atomic E-state index is 0.0861. The number of hydrogen-bond acceptors (Lipinski definition) is 3. The number of methoxy groups -OCH3 is 1. The molecule has 0 aliphatic heterocycles. The molecule has 3 nitrogen and oxygen atoms in total. The summed E-state index contributed by atoms with van der Waals surface area (Å²) in [7, 11) is 1.77. The van der Waals surface area contributed by atoms with Crippen LogP contribution < -0.4 is 10.1 Å². The number of hydrogen-bond donors (Lipinski definition) is 1. The van der Waals surface area contributed by atoms with Gasteiger partial charge in [0.15, 0.2) is 0 Å². The van der Waals surface area contributed by atoms with E-state index in [1.807, 2.05) is 6.07 Å². The topological polar surface area (TPSA) is 30.5 Å². The Bertz CT molecular complexity index is 453. The average molecular weight is 291 g/mol. The zero-order chi connectivity index (χ0) is 15.5. The maximum atomic E-state index is 6.26. The minimum absolute atomic E-state index is 0.0861. The number of benzene rings is 1. The van der Waals surface area contributed by atoms with Crippen LogP contribution in [0.3, 0.4) is 0 Å². The Morgan fingerprint density at radius 2 is 1.95 bits per heavy atom. The van der Waals surface area contributed by atoms with Gasteiger partial charge in [-0.25, -0.2) is 0 Å². The highest BCUT2D eigenvalue weighted by molar-refractivity contribution is 5.38. The molecule has 0 heterocycles. The summed E-state index contributed by atoms with van der Waals surface area (Å²) in [5.41, 5.74) is 1.34. The van der Waals surface area contributed by atoms with E-state index in [2.05, 4.69) is 51.2 Å². The van der Waals surface area contributed by atoms with Crippen LogP contribution in [0.1, 0.15) is 46.1 Å². The van der Waals surface area contributed by atoms with E-state index in [1.165, 1.54) is 5.56 Å². The molecule has 3 atom stereocenters. The molecule has 1 aromatic rings. The first kappa shape index (κ1) is 16.3. The van der Waals surface area contributed by atoms with Crippen molar-refractivity contribution in [3.63, 3.8) is 0 Å². The Kier molecular flexibility index (Phi) is 5.28. The zero-order valence-electron chi connectivity index (χ0n) is 14.0. The second kappa shape index (κ2) is 6.80. The molecule has 3 heteroatoms. The van der Waals surface area contributed by atoms with E-state index in [4.69, 9.17) is 9.47 Å². The van der Waals surface area contributed by atoms with Crippen LogP contribution >= 0.6 is 0 Å². The highest BCUT2D eigenvalue weighted by atomic mass is 16.5. The van der Waals surface area contributed by atoms with Gasteiger partial charge in [-0.2, -0.15) is 0 Å². The summed E-state index contributed by atoms with van der Waals surface area (Å²) in [5, 5.41) is 3.53. The standard InChI is InChI=1S/C18H29NO2/c1-6-11-19-14-12-16(17(14)20-5)21-15-10-8-7-9-13(15)18(2,3)4/h7-10,14,16-17,19H,6,11-12H2,1-5H3. The first-order chi connectivity index (χ1) is 9.97. The lowest BCUT2D eigenvalue weighted by molar-refractivity contribution is -0.0891. The Labute approximate surface area is 129 Å². The van der Waals surface area contributed by atoms with Crippen molar-refractivity contribution >= 4 is 0 Å². The fraction of sp³-hybridized carbons (Fsp3) is 0.667. The van der Waals surface area contributed by atoms with Crippen molar-refractivity contribution in [1.82, 2.24) is 5.32 Å². The molecule has 1 aliphatic rings. The maximum absolute atomic E-state index is 6.26. The van der Waals surface area contributed by atoms with E-state index in [1.54, 1.807) is 7.11 Å². The molecule has 1 saturated carbocycles. The van der Waals surface area contributed by atoms with E-state index in [-0.39, 0.29) is 17.6 Å². The van der Waals surface area contributed by atoms with Crippen LogP contribution in [-0.4, -0.2) is 31.9 Å². The van der Waals surface area contributed by atoms with Crippen molar-refractivity contribution in [3.8, 4) is 5.75 Å². The van der Waals surface area contributed by atoms with Crippen molar-refractivity contribution in [3.05, 3.63) is 29.8 Å². The molecule has 0 amide bonds. The summed E-state index contributed by atoms with van der Waals surface area (Å²) >= 11 is 0. The van der Waals surface area contributed by atoms with Crippen molar-refractivity contribution in [2.45, 2.75) is 64.2 Å². The normalized spacial score (nSPS) is 25.5. The highest BCUT2D eigenvalue weighted by Gasteiger charge is 2.43. The van der Waals surface area contributed by atoms with Crippen LogP contribution in [0.25, 0.3) is 0 Å². The van der Waals surface area contributed by atoms with Crippen LogP contribution in [0, 0.1) is 0 Å². The van der Waals surface area contributed by atoms with E-state index in [0.29, 0.717) is 6.04 Å². The zero-order valence-corrected chi connectivity index (χ0v) is 14.0. The minimum Gasteiger partial charge on any atom is -0.487 e. The van der Waals surface area contributed by atoms with Crippen LogP contribution in [0.4, 0.5) is 0 Å². The molecule has 0 saturated heterocycles. The second-order valence-corrected chi connectivity index (χ2v) is 6.90. The van der Waals surface area contributed by atoms with Crippen LogP contribution in [0.15, 0.2) is 24.3 Å². The molecular formula is C18H29NO2. The second-order valence-electron chi connectivity index (χ2n) is 6.90. The molecule has 0 radical (unpaired) electrons. The molecule has 2 rings (SSSR count). The third-order valence-electron chi connectivity index (χ3n) is 4.15. The Morgan fingerprint density at radius 1 is 1.24 bits per heavy atom. The summed E-state index contributed by atoms with van der Waals surface area (Å²) in [6.45, 7) is 9.87. The number of ether oxygens (including phenoxy) is 2. The first-order valence-electron chi connectivity index (χ1n) is 7.99. The van der Waals surface area contributed by atoms with Crippen molar-refractivity contribution in [2.24, 2.45) is 0 Å². The lowest BCUT2D eigenvalue weighted by atomic mass is 9.84. The number of para-hydroxylation sites is 1. The fourth-order valence-corrected chi connectivity index (χ4v) is 2.89. The van der Waals surface area contributed by atoms with Gasteiger partial charge in [0, 0.05) is 19.6 Å². The van der Waals surface area contributed by atoms with Crippen molar-refractivity contribution in [1.29, 1.82) is 0 Å². The molecule has 118 valence electrons. The SMILES string of the molecule is CCCNC1CC(Oc2ccccc2C(C)(C)C)C1OC. The molecule has 1 aromatic carbocycles. The third-order valence-corrected chi connectivity index (χ3v) is 4.15. The first-order valence-corrected chi connectivity index (χ1v) is 7.99. The third kappa shape index (κ3) is 3.78. The highest BCUT2D eigenvalue weighted by Crippen LogP contribution is 2.35. The summed E-state index contributed by atoms with van der Waals surface area (Å²) in [4.78, 5) is 0. The Morgan fingerprint density at radius 3 is 2.57 bits per heavy atom. The molecular weight excluding hydrogens is 262 g/mol. The summed E-state index contributed by atoms with van der Waals surface area (Å²) in [6, 6.07) is 8.76. The van der Waals surface area contributed by atoms with Gasteiger partial charge in [0.05, 0.1) is 0 Å². The fourth-order valence-electron chi connectivity index (χ4n) is 2.89. The summed E-state index contributed by atoms with van der Waals surface area (Å²) < 4.78 is 11.9. The molecule has 0 aromatic heterocycles. The van der Waals surface area contributed by atoms with Gasteiger partial charge >= 0.3 is 0 Å². The number of nitrogens with one attached hydrogen (secondary N) is 1. The van der Waals surface area contributed by atoms with Gasteiger partial charge in [0.25, 0.3) is 0 Å². The number of rotatable bonds is 6. The van der Waals surface area contributed by atoms with Gasteiger partial charge in [0.1, 0.15) is 18.0 Å². The molecule has 1 N–H and O–H groups in total. The quantitative estimate of drug-likeness (QED) is 0.870. The summed E-state index contributed by atoms with van der Waals surface area (Å²) in [5.74, 6) is 0.992. The monoisotopic (exact) mass is 291 g/mol. The predicted octanol–water partition coefficient (Wildman–Crippen LogP) is 3.52. The molecule has 21 heavy (non-hydrogen) atoms. The van der Waals surface area contributed by atoms with E-state index in [9.17, 15) is 0 Å². The van der Waals surface area contributed by atoms with Crippen molar-refractivity contribution < 1.29 is 9.47 Å². The largest absolute Gasteiger partial charge is 0.487 e. The van der Waals surface area contributed by atoms with E-state index >= 15 is 0 Å². The van der Waals surface area contributed by atoms with E-state index < -0.39 is 0 Å². The molecule has 0 bridgehead atoms. The van der Waals surface area contributed by atoms with Gasteiger partial charge < -0.3 is 14.8 Å². The van der Waals surface area contributed by atoms with E-state index in [0.717, 1.165) is 25.1 Å². The van der Waals surface area contributed by atoms with Gasteiger partial charge in [-0.3, -0.25) is 0 Å².